The van der Waals surface area contributed by atoms with Crippen molar-refractivity contribution in [2.75, 3.05) is 13.7 Å². The van der Waals surface area contributed by atoms with Crippen LogP contribution >= 0.6 is 0 Å². The van der Waals surface area contributed by atoms with Gasteiger partial charge in [-0.1, -0.05) is 30.3 Å². The summed E-state index contributed by atoms with van der Waals surface area (Å²) in [5.74, 6) is 0. The third-order valence-corrected chi connectivity index (χ3v) is 2.92. The molecule has 1 aliphatic heterocycles. The Morgan fingerprint density at radius 1 is 1.35 bits per heavy atom. The normalized spacial score (nSPS) is 28.5. The molecule has 0 aromatic heterocycles. The fourth-order valence-corrected chi connectivity index (χ4v) is 1.94. The van der Waals surface area contributed by atoms with Crippen molar-refractivity contribution in [1.29, 1.82) is 0 Å². The Bertz CT molecular complexity index is 327. The molecule has 17 heavy (non-hydrogen) atoms. The second kappa shape index (κ2) is 6.12. The van der Waals surface area contributed by atoms with Gasteiger partial charge in [-0.3, -0.25) is 0 Å². The summed E-state index contributed by atoms with van der Waals surface area (Å²) in [5.41, 5.74) is 1.12. The topological polar surface area (TPSA) is 47.9 Å². The first-order valence-electron chi connectivity index (χ1n) is 5.78. The van der Waals surface area contributed by atoms with Crippen LogP contribution in [0.15, 0.2) is 30.3 Å². The van der Waals surface area contributed by atoms with Crippen molar-refractivity contribution in [3.63, 3.8) is 0 Å². The fourth-order valence-electron chi connectivity index (χ4n) is 1.94. The van der Waals surface area contributed by atoms with E-state index in [4.69, 9.17) is 14.2 Å². The van der Waals surface area contributed by atoms with Crippen LogP contribution in [0.2, 0.25) is 0 Å². The molecule has 0 saturated carbocycles. The standard InChI is InChI=1S/C13H18O4/c1-15-13-7-11(12(8-14)17-13)16-9-10-5-3-2-4-6-10/h2-6,11-14H,7-9H2,1H3/t11-,12-,13+/m0/s1. The van der Waals surface area contributed by atoms with E-state index in [2.05, 4.69) is 0 Å². The summed E-state index contributed by atoms with van der Waals surface area (Å²) in [7, 11) is 1.60. The van der Waals surface area contributed by atoms with Gasteiger partial charge in [0.1, 0.15) is 6.10 Å². The van der Waals surface area contributed by atoms with Crippen LogP contribution in [0.3, 0.4) is 0 Å². The minimum atomic E-state index is -0.288. The molecule has 0 spiro atoms. The van der Waals surface area contributed by atoms with Gasteiger partial charge in [-0.15, -0.1) is 0 Å². The van der Waals surface area contributed by atoms with Crippen molar-refractivity contribution in [3.05, 3.63) is 35.9 Å². The maximum Gasteiger partial charge on any atom is 0.160 e. The monoisotopic (exact) mass is 238 g/mol. The molecule has 1 aromatic carbocycles. The first-order valence-corrected chi connectivity index (χ1v) is 5.78. The molecule has 1 heterocycles. The molecule has 0 bridgehead atoms. The maximum atomic E-state index is 9.19. The predicted octanol–water partition coefficient (Wildman–Crippen LogP) is 1.33. The van der Waals surface area contributed by atoms with Crippen molar-refractivity contribution >= 4 is 0 Å². The summed E-state index contributed by atoms with van der Waals surface area (Å²) in [4.78, 5) is 0. The van der Waals surface area contributed by atoms with E-state index in [0.717, 1.165) is 5.56 Å². The SMILES string of the molecule is CO[C@H]1C[C@H](OCc2ccccc2)[C@H](CO)O1. The van der Waals surface area contributed by atoms with Crippen LogP contribution in [0, 0.1) is 0 Å². The van der Waals surface area contributed by atoms with E-state index >= 15 is 0 Å². The van der Waals surface area contributed by atoms with Gasteiger partial charge in [0.2, 0.25) is 0 Å². The van der Waals surface area contributed by atoms with Crippen LogP contribution in [-0.4, -0.2) is 37.3 Å². The zero-order valence-electron chi connectivity index (χ0n) is 9.91. The van der Waals surface area contributed by atoms with E-state index in [9.17, 15) is 5.11 Å². The minimum absolute atomic E-state index is 0.0423. The number of benzene rings is 1. The first-order chi connectivity index (χ1) is 8.33. The summed E-state index contributed by atoms with van der Waals surface area (Å²) in [5, 5.41) is 9.19. The van der Waals surface area contributed by atoms with Gasteiger partial charge < -0.3 is 19.3 Å². The quantitative estimate of drug-likeness (QED) is 0.840. The Morgan fingerprint density at radius 3 is 2.76 bits per heavy atom. The van der Waals surface area contributed by atoms with Gasteiger partial charge in [-0.05, 0) is 5.56 Å². The number of aliphatic hydroxyl groups excluding tert-OH is 1. The van der Waals surface area contributed by atoms with Crippen LogP contribution in [-0.2, 0) is 20.8 Å². The largest absolute Gasteiger partial charge is 0.394 e. The fraction of sp³-hybridized carbons (Fsp3) is 0.538. The van der Waals surface area contributed by atoms with E-state index < -0.39 is 0 Å². The second-order valence-corrected chi connectivity index (χ2v) is 4.09. The summed E-state index contributed by atoms with van der Waals surface area (Å²) in [6, 6.07) is 9.95. The van der Waals surface area contributed by atoms with Crippen LogP contribution < -0.4 is 0 Å². The highest BCUT2D eigenvalue weighted by Crippen LogP contribution is 2.24. The van der Waals surface area contributed by atoms with Crippen LogP contribution in [0.5, 0.6) is 0 Å². The smallest absolute Gasteiger partial charge is 0.160 e. The van der Waals surface area contributed by atoms with Crippen molar-refractivity contribution in [3.8, 4) is 0 Å². The van der Waals surface area contributed by atoms with Crippen molar-refractivity contribution in [2.24, 2.45) is 0 Å². The zero-order chi connectivity index (χ0) is 12.1. The Hall–Kier alpha value is -0.940. The molecule has 94 valence electrons. The number of hydrogen-bond acceptors (Lipinski definition) is 4. The molecule has 0 unspecified atom stereocenters. The van der Waals surface area contributed by atoms with Gasteiger partial charge in [0.05, 0.1) is 19.3 Å². The molecule has 2 rings (SSSR count). The van der Waals surface area contributed by atoms with Crippen LogP contribution in [0.4, 0.5) is 0 Å². The van der Waals surface area contributed by atoms with Gasteiger partial charge in [-0.25, -0.2) is 0 Å². The van der Waals surface area contributed by atoms with E-state index in [0.29, 0.717) is 13.0 Å². The number of rotatable bonds is 5. The second-order valence-electron chi connectivity index (χ2n) is 4.09. The highest BCUT2D eigenvalue weighted by molar-refractivity contribution is 5.13. The third kappa shape index (κ3) is 3.26. The molecule has 4 heteroatoms. The molecule has 1 aromatic rings. The highest BCUT2D eigenvalue weighted by Gasteiger charge is 2.35. The highest BCUT2D eigenvalue weighted by atomic mass is 16.7. The Balaban J connectivity index is 1.86. The minimum Gasteiger partial charge on any atom is -0.394 e. The molecule has 1 aliphatic rings. The molecule has 4 nitrogen and oxygen atoms in total. The number of ether oxygens (including phenoxy) is 3. The Kier molecular flexibility index (Phi) is 4.50. The zero-order valence-corrected chi connectivity index (χ0v) is 9.91. The van der Waals surface area contributed by atoms with E-state index in [1.165, 1.54) is 0 Å². The van der Waals surface area contributed by atoms with Crippen molar-refractivity contribution in [1.82, 2.24) is 0 Å². The number of hydrogen-bond donors (Lipinski definition) is 1. The lowest BCUT2D eigenvalue weighted by Crippen LogP contribution is -2.27. The van der Waals surface area contributed by atoms with Gasteiger partial charge in [0, 0.05) is 13.5 Å². The molecular weight excluding hydrogens is 220 g/mol. The van der Waals surface area contributed by atoms with Gasteiger partial charge in [-0.2, -0.15) is 0 Å². The molecule has 0 amide bonds. The summed E-state index contributed by atoms with van der Waals surface area (Å²) < 4.78 is 16.3. The van der Waals surface area contributed by atoms with Crippen LogP contribution in [0.1, 0.15) is 12.0 Å². The average molecular weight is 238 g/mol. The summed E-state index contributed by atoms with van der Waals surface area (Å²) >= 11 is 0. The van der Waals surface area contributed by atoms with E-state index in [1.807, 2.05) is 30.3 Å². The van der Waals surface area contributed by atoms with E-state index in [-0.39, 0.29) is 25.1 Å². The molecular formula is C13H18O4. The molecule has 3 atom stereocenters. The van der Waals surface area contributed by atoms with Crippen LogP contribution in [0.25, 0.3) is 0 Å². The Labute approximate surface area is 101 Å². The van der Waals surface area contributed by atoms with Crippen molar-refractivity contribution in [2.45, 2.75) is 31.5 Å². The first kappa shape index (κ1) is 12.5. The third-order valence-electron chi connectivity index (χ3n) is 2.92. The van der Waals surface area contributed by atoms with Gasteiger partial charge >= 0.3 is 0 Å². The molecule has 1 N–H and O–H groups in total. The average Bonchev–Trinajstić information content (AvgIpc) is 2.80. The Morgan fingerprint density at radius 2 is 2.12 bits per heavy atom. The lowest BCUT2D eigenvalue weighted by Gasteiger charge is -2.16. The lowest BCUT2D eigenvalue weighted by molar-refractivity contribution is -0.130. The lowest BCUT2D eigenvalue weighted by atomic mass is 10.2. The molecule has 1 fully saturated rings. The number of methoxy groups -OCH3 is 1. The number of aliphatic hydroxyl groups is 1. The molecule has 1 saturated heterocycles. The summed E-state index contributed by atoms with van der Waals surface area (Å²) in [6.07, 6.45) is -0.00378. The van der Waals surface area contributed by atoms with Gasteiger partial charge in [0.15, 0.2) is 6.29 Å². The summed E-state index contributed by atoms with van der Waals surface area (Å²) in [6.45, 7) is 0.487. The molecule has 0 radical (unpaired) electrons. The van der Waals surface area contributed by atoms with Gasteiger partial charge in [0.25, 0.3) is 0 Å². The van der Waals surface area contributed by atoms with Crippen molar-refractivity contribution < 1.29 is 19.3 Å². The molecule has 0 aliphatic carbocycles. The van der Waals surface area contributed by atoms with E-state index in [1.54, 1.807) is 7.11 Å². The predicted molar refractivity (Wildman–Crippen MR) is 62.4 cm³/mol. The maximum absolute atomic E-state index is 9.19.